The Morgan fingerprint density at radius 3 is 2.59 bits per heavy atom. The van der Waals surface area contributed by atoms with Gasteiger partial charge < -0.3 is 10.2 Å². The molecule has 1 aromatic rings. The van der Waals surface area contributed by atoms with E-state index in [-0.39, 0.29) is 5.91 Å². The highest BCUT2D eigenvalue weighted by Crippen LogP contribution is 2.26. The minimum atomic E-state index is 0.235. The predicted octanol–water partition coefficient (Wildman–Crippen LogP) is 3.49. The standard InChI is InChI=1S/C15H26N4OS2/c1-12(2)10-16-14-17-18-15(22-14)21-11-13(20)19-8-6-4-3-5-7-9-19/h12H,3-11H2,1-2H3,(H,16,17). The summed E-state index contributed by atoms with van der Waals surface area (Å²) < 4.78 is 0.867. The van der Waals surface area contributed by atoms with Gasteiger partial charge in [-0.05, 0) is 18.8 Å². The second-order valence-corrected chi connectivity index (χ2v) is 8.29. The van der Waals surface area contributed by atoms with E-state index in [1.165, 1.54) is 42.4 Å². The van der Waals surface area contributed by atoms with Crippen LogP contribution in [0.4, 0.5) is 5.13 Å². The number of aromatic nitrogens is 2. The monoisotopic (exact) mass is 342 g/mol. The smallest absolute Gasteiger partial charge is 0.233 e. The van der Waals surface area contributed by atoms with Crippen LogP contribution < -0.4 is 5.32 Å². The molecule has 5 nitrogen and oxygen atoms in total. The van der Waals surface area contributed by atoms with Crippen molar-refractivity contribution in [3.8, 4) is 0 Å². The van der Waals surface area contributed by atoms with Gasteiger partial charge in [-0.15, -0.1) is 10.2 Å². The number of hydrogen-bond donors (Lipinski definition) is 1. The van der Waals surface area contributed by atoms with E-state index < -0.39 is 0 Å². The Morgan fingerprint density at radius 2 is 1.91 bits per heavy atom. The maximum atomic E-state index is 12.3. The van der Waals surface area contributed by atoms with E-state index in [9.17, 15) is 4.79 Å². The molecule has 1 aromatic heterocycles. The molecule has 0 saturated carbocycles. The molecule has 0 atom stereocenters. The van der Waals surface area contributed by atoms with Gasteiger partial charge in [0.2, 0.25) is 11.0 Å². The number of carbonyl (C=O) groups is 1. The zero-order valence-electron chi connectivity index (χ0n) is 13.5. The van der Waals surface area contributed by atoms with E-state index in [0.29, 0.717) is 11.7 Å². The van der Waals surface area contributed by atoms with Crippen molar-refractivity contribution in [3.05, 3.63) is 0 Å². The summed E-state index contributed by atoms with van der Waals surface area (Å²) >= 11 is 3.03. The van der Waals surface area contributed by atoms with Crippen molar-refractivity contribution < 1.29 is 4.79 Å². The van der Waals surface area contributed by atoms with Crippen LogP contribution in [0.15, 0.2) is 4.34 Å². The number of anilines is 1. The third-order valence-electron chi connectivity index (χ3n) is 3.60. The quantitative estimate of drug-likeness (QED) is 0.802. The maximum absolute atomic E-state index is 12.3. The molecule has 124 valence electrons. The summed E-state index contributed by atoms with van der Waals surface area (Å²) in [7, 11) is 0. The average Bonchev–Trinajstić information content (AvgIpc) is 2.90. The molecule has 0 aromatic carbocycles. The van der Waals surface area contributed by atoms with E-state index in [1.54, 1.807) is 0 Å². The van der Waals surface area contributed by atoms with Gasteiger partial charge in [-0.2, -0.15) is 0 Å². The fourth-order valence-corrected chi connectivity index (χ4v) is 4.00. The van der Waals surface area contributed by atoms with E-state index >= 15 is 0 Å². The first-order chi connectivity index (χ1) is 10.6. The Bertz CT molecular complexity index is 456. The van der Waals surface area contributed by atoms with Gasteiger partial charge in [0, 0.05) is 19.6 Å². The minimum Gasteiger partial charge on any atom is -0.360 e. The van der Waals surface area contributed by atoms with Crippen LogP contribution in [0.25, 0.3) is 0 Å². The lowest BCUT2D eigenvalue weighted by molar-refractivity contribution is -0.128. The number of thioether (sulfide) groups is 1. The van der Waals surface area contributed by atoms with Crippen LogP contribution in [0.3, 0.4) is 0 Å². The Kier molecular flexibility index (Phi) is 7.45. The average molecular weight is 343 g/mol. The highest BCUT2D eigenvalue weighted by atomic mass is 32.2. The highest BCUT2D eigenvalue weighted by molar-refractivity contribution is 8.01. The molecule has 0 aliphatic carbocycles. The summed E-state index contributed by atoms with van der Waals surface area (Å²) in [6, 6.07) is 0. The molecule has 0 bridgehead atoms. The van der Waals surface area contributed by atoms with Gasteiger partial charge in [-0.3, -0.25) is 4.79 Å². The molecule has 1 fully saturated rings. The number of amides is 1. The first kappa shape index (κ1) is 17.5. The van der Waals surface area contributed by atoms with Crippen LogP contribution >= 0.6 is 23.1 Å². The Labute approximate surface area is 141 Å². The molecule has 1 N–H and O–H groups in total. The zero-order valence-corrected chi connectivity index (χ0v) is 15.1. The third kappa shape index (κ3) is 6.12. The Balaban J connectivity index is 1.75. The summed E-state index contributed by atoms with van der Waals surface area (Å²) in [5.41, 5.74) is 0. The van der Waals surface area contributed by atoms with Crippen molar-refractivity contribution in [3.63, 3.8) is 0 Å². The van der Waals surface area contributed by atoms with Crippen LogP contribution in [0.1, 0.15) is 46.0 Å². The van der Waals surface area contributed by atoms with Crippen molar-refractivity contribution in [2.45, 2.75) is 50.3 Å². The second-order valence-electron chi connectivity index (χ2n) is 6.09. The van der Waals surface area contributed by atoms with Crippen LogP contribution in [0, 0.1) is 5.92 Å². The largest absolute Gasteiger partial charge is 0.360 e. The Morgan fingerprint density at radius 1 is 1.23 bits per heavy atom. The van der Waals surface area contributed by atoms with Crippen LogP contribution in [-0.4, -0.2) is 46.4 Å². The highest BCUT2D eigenvalue weighted by Gasteiger charge is 2.16. The molecule has 1 aliphatic rings. The fourth-order valence-electron chi connectivity index (χ4n) is 2.34. The normalized spacial score (nSPS) is 16.4. The molecule has 0 radical (unpaired) electrons. The van der Waals surface area contributed by atoms with Crippen molar-refractivity contribution in [1.82, 2.24) is 15.1 Å². The van der Waals surface area contributed by atoms with E-state index in [4.69, 9.17) is 0 Å². The lowest BCUT2D eigenvalue weighted by atomic mass is 10.1. The van der Waals surface area contributed by atoms with Crippen LogP contribution in [0.2, 0.25) is 0 Å². The first-order valence-corrected chi connectivity index (χ1v) is 9.93. The number of hydrogen-bond acceptors (Lipinski definition) is 6. The molecular weight excluding hydrogens is 316 g/mol. The van der Waals surface area contributed by atoms with Gasteiger partial charge in [0.1, 0.15) is 0 Å². The van der Waals surface area contributed by atoms with Crippen LogP contribution in [0.5, 0.6) is 0 Å². The van der Waals surface area contributed by atoms with Crippen molar-refractivity contribution in [2.24, 2.45) is 5.92 Å². The van der Waals surface area contributed by atoms with Gasteiger partial charge in [0.15, 0.2) is 4.34 Å². The molecule has 1 amide bonds. The van der Waals surface area contributed by atoms with Gasteiger partial charge in [0.25, 0.3) is 0 Å². The summed E-state index contributed by atoms with van der Waals surface area (Å²) in [6.07, 6.45) is 6.08. The van der Waals surface area contributed by atoms with Crippen molar-refractivity contribution in [2.75, 3.05) is 30.7 Å². The molecular formula is C15H26N4OS2. The topological polar surface area (TPSA) is 58.1 Å². The van der Waals surface area contributed by atoms with E-state index in [2.05, 4.69) is 29.4 Å². The summed E-state index contributed by atoms with van der Waals surface area (Å²) in [4.78, 5) is 14.3. The number of rotatable bonds is 6. The molecule has 1 saturated heterocycles. The molecule has 1 aliphatic heterocycles. The summed E-state index contributed by atoms with van der Waals surface area (Å²) in [5.74, 6) is 1.28. The number of likely N-dealkylation sites (tertiary alicyclic amines) is 1. The number of carbonyl (C=O) groups excluding carboxylic acids is 1. The molecule has 7 heteroatoms. The molecule has 22 heavy (non-hydrogen) atoms. The molecule has 0 unspecified atom stereocenters. The fraction of sp³-hybridized carbons (Fsp3) is 0.800. The number of nitrogens with zero attached hydrogens (tertiary/aromatic N) is 3. The van der Waals surface area contributed by atoms with Crippen molar-refractivity contribution >= 4 is 34.1 Å². The maximum Gasteiger partial charge on any atom is 0.233 e. The predicted molar refractivity (Wildman–Crippen MR) is 93.6 cm³/mol. The SMILES string of the molecule is CC(C)CNc1nnc(SCC(=O)N2CCCCCCC2)s1. The zero-order chi connectivity index (χ0) is 15.8. The lowest BCUT2D eigenvalue weighted by Gasteiger charge is -2.24. The van der Waals surface area contributed by atoms with E-state index in [1.807, 2.05) is 4.90 Å². The Hall–Kier alpha value is -0.820. The second kappa shape index (κ2) is 9.35. The van der Waals surface area contributed by atoms with Gasteiger partial charge in [0.05, 0.1) is 5.75 Å². The molecule has 0 spiro atoms. The molecule has 2 heterocycles. The van der Waals surface area contributed by atoms with Gasteiger partial charge in [-0.25, -0.2) is 0 Å². The number of nitrogens with one attached hydrogen (secondary N) is 1. The minimum absolute atomic E-state index is 0.235. The first-order valence-electron chi connectivity index (χ1n) is 8.13. The molecule has 2 rings (SSSR count). The van der Waals surface area contributed by atoms with Crippen molar-refractivity contribution in [1.29, 1.82) is 0 Å². The summed E-state index contributed by atoms with van der Waals surface area (Å²) in [5, 5.41) is 12.4. The van der Waals surface area contributed by atoms with E-state index in [0.717, 1.165) is 41.9 Å². The third-order valence-corrected chi connectivity index (χ3v) is 5.59. The lowest BCUT2D eigenvalue weighted by Crippen LogP contribution is -2.35. The summed E-state index contributed by atoms with van der Waals surface area (Å²) in [6.45, 7) is 7.04. The van der Waals surface area contributed by atoms with Crippen LogP contribution in [-0.2, 0) is 4.79 Å². The van der Waals surface area contributed by atoms with Gasteiger partial charge >= 0.3 is 0 Å². The van der Waals surface area contributed by atoms with Gasteiger partial charge in [-0.1, -0.05) is 56.2 Å².